The standard InChI is InChI=1S/C13H10N6/c1-19(10-5-3-2-4-9(10)6-14)13-11-12(16-7-15-11)17-8-18-13/h2-5,7-8H,1H3,(H,15,16,17,18). The molecular formula is C13H10N6. The van der Waals surface area contributed by atoms with Crippen molar-refractivity contribution in [2.45, 2.75) is 0 Å². The Bertz CT molecular complexity index is 770. The average Bonchev–Trinajstić information content (AvgIpc) is 2.94. The molecule has 0 aliphatic heterocycles. The van der Waals surface area contributed by atoms with E-state index in [1.807, 2.05) is 30.1 Å². The van der Waals surface area contributed by atoms with Crippen LogP contribution >= 0.6 is 0 Å². The van der Waals surface area contributed by atoms with E-state index in [2.05, 4.69) is 26.0 Å². The summed E-state index contributed by atoms with van der Waals surface area (Å²) in [5, 5.41) is 9.16. The number of rotatable bonds is 2. The summed E-state index contributed by atoms with van der Waals surface area (Å²) in [6.45, 7) is 0. The van der Waals surface area contributed by atoms with Gasteiger partial charge in [0.15, 0.2) is 11.5 Å². The predicted octanol–water partition coefficient (Wildman–Crippen LogP) is 1.99. The zero-order chi connectivity index (χ0) is 13.2. The number of anilines is 2. The second-order valence-corrected chi connectivity index (χ2v) is 3.99. The van der Waals surface area contributed by atoms with Gasteiger partial charge < -0.3 is 9.88 Å². The molecule has 92 valence electrons. The Morgan fingerprint density at radius 3 is 2.89 bits per heavy atom. The molecule has 2 heterocycles. The van der Waals surface area contributed by atoms with Gasteiger partial charge in [-0.3, -0.25) is 0 Å². The van der Waals surface area contributed by atoms with E-state index in [0.29, 0.717) is 17.0 Å². The SMILES string of the molecule is CN(c1ccccc1C#N)c1ncnc2nc[nH]c12. The highest BCUT2D eigenvalue weighted by atomic mass is 15.2. The molecule has 6 heteroatoms. The zero-order valence-electron chi connectivity index (χ0n) is 10.2. The number of imidazole rings is 1. The van der Waals surface area contributed by atoms with E-state index in [9.17, 15) is 0 Å². The van der Waals surface area contributed by atoms with Gasteiger partial charge in [0, 0.05) is 7.05 Å². The van der Waals surface area contributed by atoms with Gasteiger partial charge in [-0.2, -0.15) is 5.26 Å². The minimum Gasteiger partial charge on any atom is -0.340 e. The van der Waals surface area contributed by atoms with Crippen molar-refractivity contribution < 1.29 is 0 Å². The molecule has 1 N–H and O–H groups in total. The highest BCUT2D eigenvalue weighted by molar-refractivity contribution is 5.86. The second-order valence-electron chi connectivity index (χ2n) is 3.99. The quantitative estimate of drug-likeness (QED) is 0.752. The van der Waals surface area contributed by atoms with Crippen LogP contribution in [0.2, 0.25) is 0 Å². The molecule has 0 unspecified atom stereocenters. The van der Waals surface area contributed by atoms with Crippen LogP contribution in [0, 0.1) is 11.3 Å². The number of hydrogen-bond donors (Lipinski definition) is 1. The Morgan fingerprint density at radius 1 is 1.21 bits per heavy atom. The molecule has 0 amide bonds. The Hall–Kier alpha value is -2.94. The van der Waals surface area contributed by atoms with Crippen LogP contribution in [0.5, 0.6) is 0 Å². The van der Waals surface area contributed by atoms with Crippen LogP contribution in [-0.4, -0.2) is 27.0 Å². The predicted molar refractivity (Wildman–Crippen MR) is 70.9 cm³/mol. The van der Waals surface area contributed by atoms with Crippen molar-refractivity contribution in [3.05, 3.63) is 42.5 Å². The van der Waals surface area contributed by atoms with Gasteiger partial charge >= 0.3 is 0 Å². The van der Waals surface area contributed by atoms with Crippen molar-refractivity contribution in [1.29, 1.82) is 5.26 Å². The largest absolute Gasteiger partial charge is 0.340 e. The third kappa shape index (κ3) is 1.77. The maximum absolute atomic E-state index is 9.16. The lowest BCUT2D eigenvalue weighted by Crippen LogP contribution is -2.13. The van der Waals surface area contributed by atoms with E-state index in [1.54, 1.807) is 12.4 Å². The van der Waals surface area contributed by atoms with Crippen LogP contribution in [0.1, 0.15) is 5.56 Å². The van der Waals surface area contributed by atoms with Gasteiger partial charge in [-0.1, -0.05) is 12.1 Å². The van der Waals surface area contributed by atoms with E-state index in [4.69, 9.17) is 5.26 Å². The van der Waals surface area contributed by atoms with E-state index >= 15 is 0 Å². The zero-order valence-corrected chi connectivity index (χ0v) is 10.2. The summed E-state index contributed by atoms with van der Waals surface area (Å²) < 4.78 is 0. The Balaban J connectivity index is 2.17. The van der Waals surface area contributed by atoms with Gasteiger partial charge in [-0.25, -0.2) is 15.0 Å². The third-order valence-corrected chi connectivity index (χ3v) is 2.91. The maximum atomic E-state index is 9.16. The van der Waals surface area contributed by atoms with Crippen molar-refractivity contribution in [3.8, 4) is 6.07 Å². The first-order valence-corrected chi connectivity index (χ1v) is 5.68. The molecule has 0 aliphatic rings. The summed E-state index contributed by atoms with van der Waals surface area (Å²) in [4.78, 5) is 17.3. The highest BCUT2D eigenvalue weighted by Crippen LogP contribution is 2.28. The fourth-order valence-electron chi connectivity index (χ4n) is 1.98. The highest BCUT2D eigenvalue weighted by Gasteiger charge is 2.14. The Kier molecular flexibility index (Phi) is 2.58. The van der Waals surface area contributed by atoms with Crippen molar-refractivity contribution in [3.63, 3.8) is 0 Å². The molecule has 0 atom stereocenters. The van der Waals surface area contributed by atoms with Gasteiger partial charge in [0.05, 0.1) is 17.6 Å². The molecule has 0 saturated carbocycles. The van der Waals surface area contributed by atoms with Gasteiger partial charge in [0.1, 0.15) is 17.9 Å². The molecule has 0 aliphatic carbocycles. The van der Waals surface area contributed by atoms with E-state index in [1.165, 1.54) is 6.33 Å². The first kappa shape index (κ1) is 11.2. The van der Waals surface area contributed by atoms with E-state index < -0.39 is 0 Å². The fourth-order valence-corrected chi connectivity index (χ4v) is 1.98. The summed E-state index contributed by atoms with van der Waals surface area (Å²) in [5.41, 5.74) is 2.74. The molecule has 0 saturated heterocycles. The van der Waals surface area contributed by atoms with Gasteiger partial charge in [0.2, 0.25) is 0 Å². The first-order valence-electron chi connectivity index (χ1n) is 5.68. The summed E-state index contributed by atoms with van der Waals surface area (Å²) in [6.07, 6.45) is 3.04. The number of fused-ring (bicyclic) bond motifs is 1. The number of hydrogen-bond acceptors (Lipinski definition) is 5. The smallest absolute Gasteiger partial charge is 0.182 e. The lowest BCUT2D eigenvalue weighted by Gasteiger charge is -2.19. The Labute approximate surface area is 109 Å². The minimum atomic E-state index is 0.594. The van der Waals surface area contributed by atoms with Crippen molar-refractivity contribution in [2.24, 2.45) is 0 Å². The van der Waals surface area contributed by atoms with Crippen molar-refractivity contribution in [1.82, 2.24) is 19.9 Å². The summed E-state index contributed by atoms with van der Waals surface area (Å²) >= 11 is 0. The van der Waals surface area contributed by atoms with Crippen LogP contribution in [0.15, 0.2) is 36.9 Å². The number of para-hydroxylation sites is 1. The second kappa shape index (κ2) is 4.38. The normalized spacial score (nSPS) is 10.3. The number of H-pyrrole nitrogens is 1. The molecule has 3 rings (SSSR count). The molecule has 2 aromatic heterocycles. The first-order chi connectivity index (χ1) is 9.31. The number of aromatic nitrogens is 4. The molecule has 0 radical (unpaired) electrons. The minimum absolute atomic E-state index is 0.594. The van der Waals surface area contributed by atoms with Crippen molar-refractivity contribution in [2.75, 3.05) is 11.9 Å². The lowest BCUT2D eigenvalue weighted by atomic mass is 10.2. The number of nitrogens with one attached hydrogen (secondary N) is 1. The van der Waals surface area contributed by atoms with E-state index in [-0.39, 0.29) is 0 Å². The topological polar surface area (TPSA) is 81.5 Å². The van der Waals surface area contributed by atoms with Crippen LogP contribution in [0.3, 0.4) is 0 Å². The monoisotopic (exact) mass is 250 g/mol. The van der Waals surface area contributed by atoms with Crippen molar-refractivity contribution >= 4 is 22.7 Å². The molecule has 1 aromatic carbocycles. The maximum Gasteiger partial charge on any atom is 0.182 e. The number of nitriles is 1. The third-order valence-electron chi connectivity index (χ3n) is 2.91. The molecule has 0 bridgehead atoms. The van der Waals surface area contributed by atoms with Gasteiger partial charge in [-0.05, 0) is 12.1 Å². The van der Waals surface area contributed by atoms with Gasteiger partial charge in [-0.15, -0.1) is 0 Å². The molecule has 0 fully saturated rings. The van der Waals surface area contributed by atoms with Crippen LogP contribution < -0.4 is 4.90 Å². The average molecular weight is 250 g/mol. The van der Waals surface area contributed by atoms with Crippen LogP contribution in [0.25, 0.3) is 11.2 Å². The number of benzene rings is 1. The van der Waals surface area contributed by atoms with Crippen LogP contribution in [-0.2, 0) is 0 Å². The molecular weight excluding hydrogens is 240 g/mol. The lowest BCUT2D eigenvalue weighted by molar-refractivity contribution is 1.10. The molecule has 19 heavy (non-hydrogen) atoms. The number of nitrogens with zero attached hydrogens (tertiary/aromatic N) is 5. The number of aromatic amines is 1. The molecule has 0 spiro atoms. The van der Waals surface area contributed by atoms with Crippen LogP contribution in [0.4, 0.5) is 11.5 Å². The van der Waals surface area contributed by atoms with E-state index in [0.717, 1.165) is 11.2 Å². The summed E-state index contributed by atoms with van der Waals surface area (Å²) in [7, 11) is 1.86. The van der Waals surface area contributed by atoms with Gasteiger partial charge in [0.25, 0.3) is 0 Å². The summed E-state index contributed by atoms with van der Waals surface area (Å²) in [5.74, 6) is 0.685. The Morgan fingerprint density at radius 2 is 2.05 bits per heavy atom. The molecule has 6 nitrogen and oxygen atoms in total. The fraction of sp³-hybridized carbons (Fsp3) is 0.0769. The molecule has 3 aromatic rings. The summed E-state index contributed by atoms with van der Waals surface area (Å²) in [6, 6.07) is 9.55.